The average Bonchev–Trinajstić information content (AvgIpc) is 2.83. The van der Waals surface area contributed by atoms with Crippen molar-refractivity contribution in [2.45, 2.75) is 25.9 Å². The van der Waals surface area contributed by atoms with Crippen LogP contribution in [0.1, 0.15) is 30.0 Å². The van der Waals surface area contributed by atoms with E-state index in [2.05, 4.69) is 5.32 Å². The lowest BCUT2D eigenvalue weighted by molar-refractivity contribution is -0.135. The number of carbonyl (C=O) groups is 2. The summed E-state index contributed by atoms with van der Waals surface area (Å²) in [6, 6.07) is 1.72. The highest BCUT2D eigenvalue weighted by Gasteiger charge is 2.38. The van der Waals surface area contributed by atoms with E-state index in [9.17, 15) is 9.59 Å². The Labute approximate surface area is 111 Å². The van der Waals surface area contributed by atoms with E-state index in [-0.39, 0.29) is 11.7 Å². The number of hydrazine groups is 1. The smallest absolute Gasteiger partial charge is 0.301 e. The Morgan fingerprint density at radius 1 is 1.63 bits per heavy atom. The van der Waals surface area contributed by atoms with Gasteiger partial charge in [-0.25, -0.2) is 5.84 Å². The van der Waals surface area contributed by atoms with Crippen LogP contribution in [0.3, 0.4) is 0 Å². The third kappa shape index (κ3) is 2.47. The van der Waals surface area contributed by atoms with Gasteiger partial charge in [0.1, 0.15) is 0 Å². The molecular formula is C12H18N4O3. The van der Waals surface area contributed by atoms with Crippen molar-refractivity contribution in [1.29, 1.82) is 0 Å². The van der Waals surface area contributed by atoms with E-state index in [1.54, 1.807) is 6.07 Å². The fourth-order valence-electron chi connectivity index (χ4n) is 2.15. The van der Waals surface area contributed by atoms with E-state index in [1.165, 1.54) is 6.26 Å². The predicted molar refractivity (Wildman–Crippen MR) is 67.9 cm³/mol. The number of piperazine rings is 1. The molecule has 7 heteroatoms. The summed E-state index contributed by atoms with van der Waals surface area (Å²) < 4.78 is 5.13. The summed E-state index contributed by atoms with van der Waals surface area (Å²) in [6.45, 7) is 5.47. The molecule has 4 N–H and O–H groups in total. The molecule has 19 heavy (non-hydrogen) atoms. The van der Waals surface area contributed by atoms with Gasteiger partial charge >= 0.3 is 5.91 Å². The van der Waals surface area contributed by atoms with Crippen LogP contribution < -0.4 is 16.6 Å². The first kappa shape index (κ1) is 13.6. The molecule has 2 heterocycles. The molecule has 104 valence electrons. The summed E-state index contributed by atoms with van der Waals surface area (Å²) in [5, 5.41) is 2.83. The molecule has 0 aliphatic carbocycles. The van der Waals surface area contributed by atoms with Gasteiger partial charge in [-0.1, -0.05) is 0 Å². The van der Waals surface area contributed by atoms with Crippen LogP contribution in [0, 0.1) is 0 Å². The average molecular weight is 266 g/mol. The maximum atomic E-state index is 11.9. The highest BCUT2D eigenvalue weighted by Crippen LogP contribution is 2.22. The van der Waals surface area contributed by atoms with Gasteiger partial charge in [0.05, 0.1) is 11.8 Å². The molecule has 1 saturated heterocycles. The molecular weight excluding hydrogens is 248 g/mol. The van der Waals surface area contributed by atoms with Crippen LogP contribution >= 0.6 is 0 Å². The standard InChI is InChI=1S/C12H18N4O3/c1-12(2)11(18)14-4-5-16(12)7-8-3-6-19-9(8)10(17)15-13/h3,6H,4-5,7,13H2,1-2H3,(H,14,18)(H,15,17). The Balaban J connectivity index is 2.19. The van der Waals surface area contributed by atoms with Crippen molar-refractivity contribution in [3.05, 3.63) is 23.7 Å². The van der Waals surface area contributed by atoms with Crippen LogP contribution in [0.25, 0.3) is 0 Å². The summed E-state index contributed by atoms with van der Waals surface area (Å²) in [5.74, 6) is 4.79. The highest BCUT2D eigenvalue weighted by molar-refractivity contribution is 5.92. The fourth-order valence-corrected chi connectivity index (χ4v) is 2.15. The molecule has 0 aromatic carbocycles. The molecule has 2 rings (SSSR count). The van der Waals surface area contributed by atoms with E-state index in [4.69, 9.17) is 10.3 Å². The number of nitrogens with two attached hydrogens (primary N) is 1. The van der Waals surface area contributed by atoms with Gasteiger partial charge in [0.2, 0.25) is 5.91 Å². The van der Waals surface area contributed by atoms with Gasteiger partial charge in [-0.15, -0.1) is 0 Å². The minimum Gasteiger partial charge on any atom is -0.459 e. The number of nitrogen functional groups attached to an aromatic ring is 1. The quantitative estimate of drug-likeness (QED) is 0.392. The SMILES string of the molecule is CC1(C)C(=O)NCCN1Cc1ccoc1C(=O)NN. The molecule has 2 amide bonds. The molecule has 1 aliphatic heterocycles. The van der Waals surface area contributed by atoms with Crippen LogP contribution in [-0.2, 0) is 11.3 Å². The number of hydrogen-bond donors (Lipinski definition) is 3. The fraction of sp³-hybridized carbons (Fsp3) is 0.500. The van der Waals surface area contributed by atoms with E-state index in [1.807, 2.05) is 24.2 Å². The summed E-state index contributed by atoms with van der Waals surface area (Å²) in [7, 11) is 0. The number of nitrogens with zero attached hydrogens (tertiary/aromatic N) is 1. The Hall–Kier alpha value is -1.86. The van der Waals surface area contributed by atoms with Crippen molar-refractivity contribution >= 4 is 11.8 Å². The Bertz CT molecular complexity index is 495. The first-order chi connectivity index (χ1) is 8.96. The number of hydrogen-bond acceptors (Lipinski definition) is 5. The first-order valence-electron chi connectivity index (χ1n) is 6.07. The molecule has 0 spiro atoms. The minimum atomic E-state index is -0.619. The monoisotopic (exact) mass is 266 g/mol. The van der Waals surface area contributed by atoms with Crippen molar-refractivity contribution in [2.24, 2.45) is 5.84 Å². The Morgan fingerprint density at radius 2 is 2.37 bits per heavy atom. The predicted octanol–water partition coefficient (Wildman–Crippen LogP) is -0.406. The van der Waals surface area contributed by atoms with Crippen molar-refractivity contribution in [2.75, 3.05) is 13.1 Å². The molecule has 0 atom stereocenters. The van der Waals surface area contributed by atoms with Crippen LogP contribution in [0.5, 0.6) is 0 Å². The van der Waals surface area contributed by atoms with Gasteiger partial charge < -0.3 is 9.73 Å². The van der Waals surface area contributed by atoms with Crippen LogP contribution in [0.15, 0.2) is 16.7 Å². The van der Waals surface area contributed by atoms with Gasteiger partial charge in [-0.3, -0.25) is 19.9 Å². The Morgan fingerprint density at radius 3 is 3.05 bits per heavy atom. The van der Waals surface area contributed by atoms with Crippen LogP contribution in [-0.4, -0.2) is 35.3 Å². The lowest BCUT2D eigenvalue weighted by atomic mass is 9.98. The molecule has 7 nitrogen and oxygen atoms in total. The molecule has 1 aromatic rings. The lowest BCUT2D eigenvalue weighted by Gasteiger charge is -2.41. The third-order valence-electron chi connectivity index (χ3n) is 3.46. The molecule has 1 aliphatic rings. The van der Waals surface area contributed by atoms with Gasteiger partial charge in [0, 0.05) is 25.2 Å². The largest absolute Gasteiger partial charge is 0.459 e. The number of nitrogens with one attached hydrogen (secondary N) is 2. The second kappa shape index (κ2) is 5.02. The van der Waals surface area contributed by atoms with Gasteiger partial charge in [-0.2, -0.15) is 0 Å². The molecule has 1 aromatic heterocycles. The van der Waals surface area contributed by atoms with Crippen molar-refractivity contribution in [3.8, 4) is 0 Å². The summed E-state index contributed by atoms with van der Waals surface area (Å²) in [4.78, 5) is 25.4. The van der Waals surface area contributed by atoms with E-state index >= 15 is 0 Å². The Kier molecular flexibility index (Phi) is 3.59. The first-order valence-corrected chi connectivity index (χ1v) is 6.07. The maximum absolute atomic E-state index is 11.9. The van der Waals surface area contributed by atoms with Gasteiger partial charge in [-0.05, 0) is 19.9 Å². The molecule has 0 bridgehead atoms. The highest BCUT2D eigenvalue weighted by atomic mass is 16.3. The second-order valence-corrected chi connectivity index (χ2v) is 4.98. The van der Waals surface area contributed by atoms with Crippen molar-refractivity contribution in [3.63, 3.8) is 0 Å². The van der Waals surface area contributed by atoms with E-state index < -0.39 is 11.4 Å². The van der Waals surface area contributed by atoms with Crippen molar-refractivity contribution in [1.82, 2.24) is 15.6 Å². The number of carbonyl (C=O) groups excluding carboxylic acids is 2. The summed E-state index contributed by atoms with van der Waals surface area (Å²) in [5.41, 5.74) is 2.14. The number of furan rings is 1. The topological polar surface area (TPSA) is 101 Å². The second-order valence-electron chi connectivity index (χ2n) is 4.98. The molecule has 0 radical (unpaired) electrons. The molecule has 0 unspecified atom stereocenters. The van der Waals surface area contributed by atoms with Gasteiger partial charge in [0.15, 0.2) is 5.76 Å². The normalized spacial score (nSPS) is 19.0. The zero-order chi connectivity index (χ0) is 14.0. The maximum Gasteiger partial charge on any atom is 0.301 e. The van der Waals surface area contributed by atoms with Crippen molar-refractivity contribution < 1.29 is 14.0 Å². The number of amides is 2. The summed E-state index contributed by atoms with van der Waals surface area (Å²) >= 11 is 0. The lowest BCUT2D eigenvalue weighted by Crippen LogP contribution is -2.61. The number of rotatable bonds is 3. The molecule has 1 fully saturated rings. The zero-order valence-corrected chi connectivity index (χ0v) is 11.0. The van der Waals surface area contributed by atoms with E-state index in [0.717, 1.165) is 0 Å². The third-order valence-corrected chi connectivity index (χ3v) is 3.46. The van der Waals surface area contributed by atoms with E-state index in [0.29, 0.717) is 25.2 Å². The van der Waals surface area contributed by atoms with Gasteiger partial charge in [0.25, 0.3) is 0 Å². The molecule has 0 saturated carbocycles. The zero-order valence-electron chi connectivity index (χ0n) is 11.0. The summed E-state index contributed by atoms with van der Waals surface area (Å²) in [6.07, 6.45) is 1.44. The van der Waals surface area contributed by atoms with Crippen LogP contribution in [0.4, 0.5) is 0 Å². The minimum absolute atomic E-state index is 0.0212. The van der Waals surface area contributed by atoms with Crippen LogP contribution in [0.2, 0.25) is 0 Å².